The molecular weight excluding hydrogens is 314 g/mol. The number of ether oxygens (including phenoxy) is 1. The molecule has 6 heteroatoms. The first-order chi connectivity index (χ1) is 10.8. The lowest BCUT2D eigenvalue weighted by atomic mass is 9.99. The van der Waals surface area contributed by atoms with Gasteiger partial charge in [0.1, 0.15) is 11.3 Å². The minimum atomic E-state index is -0.634. The number of hydrogen-bond donors (Lipinski definition) is 1. The molecule has 0 amide bonds. The molecule has 0 radical (unpaired) electrons. The molecule has 2 rings (SSSR count). The molecule has 0 saturated carbocycles. The summed E-state index contributed by atoms with van der Waals surface area (Å²) in [5.74, 6) is -0.508. The van der Waals surface area contributed by atoms with Crippen molar-refractivity contribution < 1.29 is 19.1 Å². The van der Waals surface area contributed by atoms with Gasteiger partial charge in [-0.25, -0.2) is 4.79 Å². The van der Waals surface area contributed by atoms with Gasteiger partial charge in [0.05, 0.1) is 10.6 Å². The van der Waals surface area contributed by atoms with Crippen LogP contribution in [0.15, 0.2) is 11.4 Å². The molecule has 0 aliphatic heterocycles. The van der Waals surface area contributed by atoms with E-state index in [1.165, 1.54) is 11.3 Å². The lowest BCUT2D eigenvalue weighted by molar-refractivity contribution is 0.00623. The second-order valence-electron chi connectivity index (χ2n) is 6.06. The van der Waals surface area contributed by atoms with Crippen molar-refractivity contribution in [2.45, 2.75) is 39.7 Å². The van der Waals surface area contributed by atoms with Gasteiger partial charge in [0, 0.05) is 11.1 Å². The van der Waals surface area contributed by atoms with Crippen LogP contribution < -0.4 is 0 Å². The lowest BCUT2D eigenvalue weighted by Crippen LogP contribution is -2.24. The first-order valence-corrected chi connectivity index (χ1v) is 8.16. The summed E-state index contributed by atoms with van der Waals surface area (Å²) < 4.78 is 5.40. The van der Waals surface area contributed by atoms with Gasteiger partial charge in [-0.15, -0.1) is 11.3 Å². The number of rotatable bonds is 5. The molecule has 2 aromatic rings. The van der Waals surface area contributed by atoms with Crippen molar-refractivity contribution in [2.75, 3.05) is 0 Å². The molecule has 0 aliphatic carbocycles. The second kappa shape index (κ2) is 6.50. The summed E-state index contributed by atoms with van der Waals surface area (Å²) >= 11 is 1.30. The van der Waals surface area contributed by atoms with Crippen LogP contribution in [-0.2, 0) is 11.2 Å². The summed E-state index contributed by atoms with van der Waals surface area (Å²) in [6, 6.07) is 1.78. The van der Waals surface area contributed by atoms with Crippen molar-refractivity contribution >= 4 is 29.9 Å². The molecule has 122 valence electrons. The third-order valence-electron chi connectivity index (χ3n) is 3.28. The predicted octanol–water partition coefficient (Wildman–Crippen LogP) is 3.89. The Labute approximate surface area is 138 Å². The molecule has 0 unspecified atom stereocenters. The van der Waals surface area contributed by atoms with Crippen LogP contribution in [0.4, 0.5) is 0 Å². The summed E-state index contributed by atoms with van der Waals surface area (Å²) in [7, 11) is 0. The van der Waals surface area contributed by atoms with Crippen molar-refractivity contribution in [3.05, 3.63) is 33.3 Å². The number of carbonyl (C=O) groups excluding carboxylic acids is 3. The molecule has 1 N–H and O–H groups in total. The maximum Gasteiger partial charge on any atom is 0.355 e. The van der Waals surface area contributed by atoms with Gasteiger partial charge in [0.15, 0.2) is 12.6 Å². The highest BCUT2D eigenvalue weighted by Crippen LogP contribution is 2.35. The number of nitrogens with one attached hydrogen (secondary N) is 1. The number of aromatic nitrogens is 1. The third-order valence-corrected chi connectivity index (χ3v) is 4.12. The molecule has 23 heavy (non-hydrogen) atoms. The van der Waals surface area contributed by atoms with E-state index in [0.717, 1.165) is 6.29 Å². The fraction of sp³-hybridized carbons (Fsp3) is 0.353. The number of aromatic amines is 1. The molecular formula is C17H19NO4S. The van der Waals surface area contributed by atoms with E-state index >= 15 is 0 Å². The van der Waals surface area contributed by atoms with Gasteiger partial charge in [-0.05, 0) is 44.2 Å². The molecule has 2 aromatic heterocycles. The van der Waals surface area contributed by atoms with Gasteiger partial charge in [0.25, 0.3) is 0 Å². The maximum absolute atomic E-state index is 12.4. The number of carbonyl (C=O) groups is 3. The monoisotopic (exact) mass is 333 g/mol. The van der Waals surface area contributed by atoms with Gasteiger partial charge in [-0.3, -0.25) is 9.59 Å². The van der Waals surface area contributed by atoms with Gasteiger partial charge < -0.3 is 9.72 Å². The first kappa shape index (κ1) is 17.1. The molecule has 0 atom stereocenters. The Hall–Kier alpha value is -2.21. The van der Waals surface area contributed by atoms with Crippen molar-refractivity contribution in [2.24, 2.45) is 0 Å². The number of hydrogen-bond acceptors (Lipinski definition) is 5. The number of H-pyrrole nitrogens is 1. The molecule has 0 fully saturated rings. The topological polar surface area (TPSA) is 76.2 Å². The molecule has 0 bridgehead atoms. The molecule has 0 aromatic carbocycles. The highest BCUT2D eigenvalue weighted by Gasteiger charge is 2.27. The van der Waals surface area contributed by atoms with Crippen molar-refractivity contribution in [1.82, 2.24) is 4.98 Å². The number of esters is 1. The van der Waals surface area contributed by atoms with Crippen molar-refractivity contribution in [3.63, 3.8) is 0 Å². The van der Waals surface area contributed by atoms with Crippen LogP contribution in [0.5, 0.6) is 0 Å². The van der Waals surface area contributed by atoms with E-state index in [-0.39, 0.29) is 11.4 Å². The molecule has 0 spiro atoms. The highest BCUT2D eigenvalue weighted by atomic mass is 32.1. The Morgan fingerprint density at radius 2 is 2.00 bits per heavy atom. The average molecular weight is 333 g/mol. The second-order valence-corrected chi connectivity index (χ2v) is 7.00. The Balaban J connectivity index is 2.62. The third kappa shape index (κ3) is 3.42. The fourth-order valence-corrected chi connectivity index (χ4v) is 3.14. The van der Waals surface area contributed by atoms with Crippen LogP contribution >= 0.6 is 11.3 Å². The zero-order chi connectivity index (χ0) is 17.2. The molecule has 2 heterocycles. The van der Waals surface area contributed by atoms with E-state index in [4.69, 9.17) is 4.74 Å². The zero-order valence-electron chi connectivity index (χ0n) is 13.6. The zero-order valence-corrected chi connectivity index (χ0v) is 14.4. The summed E-state index contributed by atoms with van der Waals surface area (Å²) in [4.78, 5) is 38.4. The predicted molar refractivity (Wildman–Crippen MR) is 89.4 cm³/mol. The van der Waals surface area contributed by atoms with E-state index < -0.39 is 11.6 Å². The van der Waals surface area contributed by atoms with Crippen LogP contribution in [0.25, 0.3) is 11.1 Å². The van der Waals surface area contributed by atoms with Gasteiger partial charge in [-0.1, -0.05) is 6.92 Å². The Morgan fingerprint density at radius 1 is 1.30 bits per heavy atom. The van der Waals surface area contributed by atoms with Gasteiger partial charge in [-0.2, -0.15) is 0 Å². The van der Waals surface area contributed by atoms with E-state index in [0.29, 0.717) is 34.3 Å². The fourth-order valence-electron chi connectivity index (χ4n) is 2.43. The van der Waals surface area contributed by atoms with Gasteiger partial charge >= 0.3 is 5.97 Å². The summed E-state index contributed by atoms with van der Waals surface area (Å²) in [5.41, 5.74) is 1.86. The van der Waals surface area contributed by atoms with Crippen LogP contribution in [0.2, 0.25) is 0 Å². The van der Waals surface area contributed by atoms with Crippen LogP contribution in [0.3, 0.4) is 0 Å². The van der Waals surface area contributed by atoms with Crippen LogP contribution in [0, 0.1) is 0 Å². The molecule has 0 aliphatic rings. The quantitative estimate of drug-likeness (QED) is 0.665. The number of thiophene rings is 1. The SMILES string of the molecule is CCc1c(C(=O)OC(C)(C)C)[nH]c(C=O)c1-c1ccsc1C=O. The van der Waals surface area contributed by atoms with E-state index in [1.54, 1.807) is 32.2 Å². The summed E-state index contributed by atoms with van der Waals surface area (Å²) in [6.07, 6.45) is 1.95. The van der Waals surface area contributed by atoms with Crippen LogP contribution in [-0.4, -0.2) is 29.1 Å². The standard InChI is InChI=1S/C17H19NO4S/c1-5-10-14(11-6-7-23-13(11)9-20)12(8-19)18-15(10)16(21)22-17(2,3)4/h6-9,18H,5H2,1-4H3. The summed E-state index contributed by atoms with van der Waals surface area (Å²) in [6.45, 7) is 7.24. The van der Waals surface area contributed by atoms with E-state index in [9.17, 15) is 14.4 Å². The average Bonchev–Trinajstić information content (AvgIpc) is 3.07. The maximum atomic E-state index is 12.4. The molecule has 5 nitrogen and oxygen atoms in total. The largest absolute Gasteiger partial charge is 0.455 e. The van der Waals surface area contributed by atoms with E-state index in [2.05, 4.69) is 4.98 Å². The van der Waals surface area contributed by atoms with E-state index in [1.807, 2.05) is 6.92 Å². The minimum Gasteiger partial charge on any atom is -0.455 e. The summed E-state index contributed by atoms with van der Waals surface area (Å²) in [5, 5.41) is 1.78. The first-order valence-electron chi connectivity index (χ1n) is 7.28. The lowest BCUT2D eigenvalue weighted by Gasteiger charge is -2.19. The Bertz CT molecular complexity index is 749. The van der Waals surface area contributed by atoms with Crippen LogP contribution in [0.1, 0.15) is 63.9 Å². The highest BCUT2D eigenvalue weighted by molar-refractivity contribution is 7.12. The van der Waals surface area contributed by atoms with Crippen molar-refractivity contribution in [3.8, 4) is 11.1 Å². The molecule has 0 saturated heterocycles. The Kier molecular flexibility index (Phi) is 4.85. The normalized spacial score (nSPS) is 11.3. The van der Waals surface area contributed by atoms with Gasteiger partial charge in [0.2, 0.25) is 0 Å². The minimum absolute atomic E-state index is 0.266. The number of aldehydes is 2. The Morgan fingerprint density at radius 3 is 2.52 bits per heavy atom. The smallest absolute Gasteiger partial charge is 0.355 e. The van der Waals surface area contributed by atoms with Crippen molar-refractivity contribution in [1.29, 1.82) is 0 Å².